The second-order valence-electron chi connectivity index (χ2n) is 8.33. The minimum Gasteiger partial charge on any atom is -0.394 e. The largest absolute Gasteiger partial charge is 0.394 e. The van der Waals surface area contributed by atoms with Crippen LogP contribution in [0.5, 0.6) is 0 Å². The molecule has 3 aliphatic rings. The lowest BCUT2D eigenvalue weighted by Crippen LogP contribution is -2.67. The smallest absolute Gasteiger partial charge is 0.187 e. The summed E-state index contributed by atoms with van der Waals surface area (Å²) >= 11 is 0. The maximum atomic E-state index is 10.5. The van der Waals surface area contributed by atoms with E-state index in [0.29, 0.717) is 0 Å². The molecule has 0 aliphatic carbocycles. The third kappa shape index (κ3) is 5.37. The van der Waals surface area contributed by atoms with Crippen LogP contribution in [-0.4, -0.2) is 168 Å². The average molecular weight is 504 g/mol. The van der Waals surface area contributed by atoms with Gasteiger partial charge in [-0.3, -0.25) is 0 Å². The first-order chi connectivity index (χ1) is 16.0. The molecule has 0 spiro atoms. The van der Waals surface area contributed by atoms with Crippen molar-refractivity contribution in [3.63, 3.8) is 0 Å². The number of ether oxygens (including phenoxy) is 5. The molecule has 0 saturated carbocycles. The van der Waals surface area contributed by atoms with Crippen LogP contribution in [0.15, 0.2) is 0 Å². The molecule has 3 rings (SSSR count). The summed E-state index contributed by atoms with van der Waals surface area (Å²) in [7, 11) is 0. The lowest BCUT2D eigenvalue weighted by atomic mass is 9.96. The Kier molecular flexibility index (Phi) is 9.54. The Hall–Kier alpha value is -0.640. The van der Waals surface area contributed by atoms with Crippen molar-refractivity contribution in [1.29, 1.82) is 0 Å². The van der Waals surface area contributed by atoms with Gasteiger partial charge in [0.15, 0.2) is 18.9 Å². The number of hydrogen-bond acceptors (Lipinski definition) is 16. The second-order valence-corrected chi connectivity index (χ2v) is 8.33. The van der Waals surface area contributed by atoms with Crippen molar-refractivity contribution in [2.24, 2.45) is 0 Å². The Morgan fingerprint density at radius 2 is 0.853 bits per heavy atom. The topological polar surface area (TPSA) is 269 Å². The minimum atomic E-state index is -1.93. The van der Waals surface area contributed by atoms with E-state index in [9.17, 15) is 56.2 Å². The van der Waals surface area contributed by atoms with Crippen LogP contribution in [0, 0.1) is 0 Å². The number of hydrogen-bond donors (Lipinski definition) is 11. The van der Waals surface area contributed by atoms with Crippen molar-refractivity contribution in [2.45, 2.75) is 92.1 Å². The summed E-state index contributed by atoms with van der Waals surface area (Å²) < 4.78 is 26.7. The SMILES string of the molecule is OC[C@H]1O[C@@H](O[C@H]2[C@H](O[C@H]3O[C@H](CO)[C@@H](O)[C@H](O)[C@H]3O)[C@@H](O)[C@@H](O)O[C@@H]2CO)[C@H](O)[C@@H](O)[C@@H]1O. The Morgan fingerprint density at radius 1 is 0.441 bits per heavy atom. The van der Waals surface area contributed by atoms with E-state index in [2.05, 4.69) is 0 Å². The van der Waals surface area contributed by atoms with E-state index in [0.717, 1.165) is 0 Å². The number of rotatable bonds is 7. The summed E-state index contributed by atoms with van der Waals surface area (Å²) in [5.41, 5.74) is 0. The van der Waals surface area contributed by atoms with Crippen molar-refractivity contribution in [1.82, 2.24) is 0 Å². The molecule has 0 bridgehead atoms. The molecule has 0 aromatic carbocycles. The van der Waals surface area contributed by atoms with Gasteiger partial charge < -0.3 is 79.9 Å². The van der Waals surface area contributed by atoms with E-state index in [-0.39, 0.29) is 0 Å². The maximum absolute atomic E-state index is 10.5. The molecule has 3 fully saturated rings. The van der Waals surface area contributed by atoms with Gasteiger partial charge >= 0.3 is 0 Å². The summed E-state index contributed by atoms with van der Waals surface area (Å²) in [5, 5.41) is 109. The van der Waals surface area contributed by atoms with Gasteiger partial charge in [0.05, 0.1) is 19.8 Å². The van der Waals surface area contributed by atoms with Gasteiger partial charge in [0.2, 0.25) is 0 Å². The minimum absolute atomic E-state index is 0.762. The molecule has 3 saturated heterocycles. The zero-order chi connectivity index (χ0) is 25.3. The van der Waals surface area contributed by atoms with E-state index < -0.39 is 112 Å². The number of aliphatic hydroxyl groups is 11. The molecule has 3 aliphatic heterocycles. The first kappa shape index (κ1) is 27.9. The van der Waals surface area contributed by atoms with Crippen molar-refractivity contribution >= 4 is 0 Å². The van der Waals surface area contributed by atoms with Crippen LogP contribution in [-0.2, 0) is 23.7 Å². The molecule has 0 radical (unpaired) electrons. The fourth-order valence-corrected chi connectivity index (χ4v) is 4.04. The monoisotopic (exact) mass is 504 g/mol. The van der Waals surface area contributed by atoms with Gasteiger partial charge in [-0.05, 0) is 0 Å². The van der Waals surface area contributed by atoms with Crippen LogP contribution in [0.3, 0.4) is 0 Å². The standard InChI is InChI=1S/C18H32O16/c19-1-4-7(22)9(24)11(26)17(31-4)33-14-6(3-21)30-16(29)13(28)15(14)34-18-12(27)10(25)8(23)5(2-20)32-18/h4-29H,1-3H2/t4-,5-,6-,7-,8-,9+,10+,11-,12-,13-,14-,15-,16+,17+,18-/m1/s1. The first-order valence-electron chi connectivity index (χ1n) is 10.6. The highest BCUT2D eigenvalue weighted by Gasteiger charge is 2.53. The van der Waals surface area contributed by atoms with E-state index in [1.165, 1.54) is 0 Å². The Morgan fingerprint density at radius 3 is 1.26 bits per heavy atom. The maximum Gasteiger partial charge on any atom is 0.187 e. The highest BCUT2D eigenvalue weighted by molar-refractivity contribution is 4.96. The van der Waals surface area contributed by atoms with Gasteiger partial charge in [-0.15, -0.1) is 0 Å². The summed E-state index contributed by atoms with van der Waals surface area (Å²) in [6.07, 6.45) is -25.6. The van der Waals surface area contributed by atoms with E-state index >= 15 is 0 Å². The second kappa shape index (κ2) is 11.6. The first-order valence-corrected chi connectivity index (χ1v) is 10.6. The predicted molar refractivity (Wildman–Crippen MR) is 101 cm³/mol. The molecule has 16 nitrogen and oxygen atoms in total. The Bertz CT molecular complexity index is 599. The number of aliphatic hydroxyl groups excluding tert-OH is 11. The molecule has 16 heteroatoms. The van der Waals surface area contributed by atoms with E-state index in [1.54, 1.807) is 0 Å². The fraction of sp³-hybridized carbons (Fsp3) is 1.00. The fourth-order valence-electron chi connectivity index (χ4n) is 4.04. The van der Waals surface area contributed by atoms with E-state index in [4.69, 9.17) is 23.7 Å². The van der Waals surface area contributed by atoms with Gasteiger partial charge in [-0.2, -0.15) is 0 Å². The van der Waals surface area contributed by atoms with Crippen LogP contribution >= 0.6 is 0 Å². The summed E-state index contributed by atoms with van der Waals surface area (Å²) in [6, 6.07) is 0. The molecule has 200 valence electrons. The van der Waals surface area contributed by atoms with Gasteiger partial charge in [-0.25, -0.2) is 0 Å². The molecular weight excluding hydrogens is 472 g/mol. The van der Waals surface area contributed by atoms with Gasteiger partial charge in [-0.1, -0.05) is 0 Å². The normalized spacial score (nSPS) is 52.5. The zero-order valence-electron chi connectivity index (χ0n) is 17.7. The Labute approximate surface area is 192 Å². The van der Waals surface area contributed by atoms with Crippen molar-refractivity contribution in [3.8, 4) is 0 Å². The quantitative estimate of drug-likeness (QED) is 0.154. The summed E-state index contributed by atoms with van der Waals surface area (Å²) in [6.45, 7) is -2.35. The van der Waals surface area contributed by atoms with Crippen LogP contribution in [0.25, 0.3) is 0 Å². The van der Waals surface area contributed by atoms with Gasteiger partial charge in [0.25, 0.3) is 0 Å². The summed E-state index contributed by atoms with van der Waals surface area (Å²) in [4.78, 5) is 0. The van der Waals surface area contributed by atoms with E-state index in [1.807, 2.05) is 0 Å². The molecule has 0 unspecified atom stereocenters. The third-order valence-corrected chi connectivity index (χ3v) is 6.09. The van der Waals surface area contributed by atoms with Crippen molar-refractivity contribution in [3.05, 3.63) is 0 Å². The molecule has 0 aromatic heterocycles. The van der Waals surface area contributed by atoms with Crippen molar-refractivity contribution in [2.75, 3.05) is 19.8 Å². The van der Waals surface area contributed by atoms with Gasteiger partial charge in [0, 0.05) is 0 Å². The predicted octanol–water partition coefficient (Wildman–Crippen LogP) is -7.57. The highest BCUT2D eigenvalue weighted by atomic mass is 16.8. The Balaban J connectivity index is 1.84. The average Bonchev–Trinajstić information content (AvgIpc) is 2.83. The van der Waals surface area contributed by atoms with Gasteiger partial charge in [0.1, 0.15) is 73.2 Å². The molecule has 15 atom stereocenters. The highest BCUT2D eigenvalue weighted by Crippen LogP contribution is 2.32. The third-order valence-electron chi connectivity index (χ3n) is 6.09. The molecular formula is C18H32O16. The lowest BCUT2D eigenvalue weighted by Gasteiger charge is -2.48. The molecule has 0 amide bonds. The van der Waals surface area contributed by atoms with Crippen molar-refractivity contribution < 1.29 is 79.9 Å². The molecule has 3 heterocycles. The van der Waals surface area contributed by atoms with Crippen LogP contribution in [0.4, 0.5) is 0 Å². The lowest BCUT2D eigenvalue weighted by molar-refractivity contribution is -0.383. The van der Waals surface area contributed by atoms with Crippen LogP contribution < -0.4 is 0 Å². The van der Waals surface area contributed by atoms with Crippen LogP contribution in [0.2, 0.25) is 0 Å². The summed E-state index contributed by atoms with van der Waals surface area (Å²) in [5.74, 6) is 0. The molecule has 34 heavy (non-hydrogen) atoms. The molecule has 0 aromatic rings. The zero-order valence-corrected chi connectivity index (χ0v) is 17.7. The van der Waals surface area contributed by atoms with Crippen LogP contribution in [0.1, 0.15) is 0 Å². The molecule has 11 N–H and O–H groups in total.